The van der Waals surface area contributed by atoms with E-state index >= 15 is 0 Å². The lowest BCUT2D eigenvalue weighted by Gasteiger charge is -2.07. The maximum absolute atomic E-state index is 9.54. The number of rotatable bonds is 3. The molecule has 4 rings (SSSR count). The fourth-order valence-electron chi connectivity index (χ4n) is 2.66. The molecule has 0 radical (unpaired) electrons. The molecule has 3 aromatic carbocycles. The third-order valence-corrected chi connectivity index (χ3v) is 3.87. The monoisotopic (exact) mass is 328 g/mol. The summed E-state index contributed by atoms with van der Waals surface area (Å²) < 4.78 is 7.73. The van der Waals surface area contributed by atoms with Crippen LogP contribution in [0.5, 0.6) is 5.75 Å². The summed E-state index contributed by atoms with van der Waals surface area (Å²) in [6, 6.07) is 26.6. The Morgan fingerprint density at radius 3 is 2.08 bits per heavy atom. The van der Waals surface area contributed by atoms with Crippen molar-refractivity contribution in [2.24, 2.45) is 4.99 Å². The molecule has 0 atom stereocenters. The highest BCUT2D eigenvalue weighted by Crippen LogP contribution is 2.24. The smallest absolute Gasteiger partial charge is 0.307 e. The number of phenolic OH excluding ortho intramolecular Hbond substituents is 1. The van der Waals surface area contributed by atoms with E-state index in [9.17, 15) is 5.11 Å². The number of nitrogens with zero attached hydrogens (tertiary/aromatic N) is 2. The number of hydrogen-bond acceptors (Lipinski definition) is 3. The fourth-order valence-corrected chi connectivity index (χ4v) is 2.66. The molecule has 0 amide bonds. The minimum atomic E-state index is 0.229. The van der Waals surface area contributed by atoms with Crippen molar-refractivity contribution in [3.05, 3.63) is 96.9 Å². The van der Waals surface area contributed by atoms with E-state index in [0.29, 0.717) is 5.68 Å². The third-order valence-electron chi connectivity index (χ3n) is 3.87. The molecule has 1 heterocycles. The number of hydrogen-bond donors (Lipinski definition) is 1. The van der Waals surface area contributed by atoms with Crippen molar-refractivity contribution in [3.63, 3.8) is 0 Å². The van der Waals surface area contributed by atoms with E-state index in [1.165, 1.54) is 0 Å². The number of aromatic nitrogens is 1. The summed E-state index contributed by atoms with van der Waals surface area (Å²) in [4.78, 5) is 4.63. The Kier molecular flexibility index (Phi) is 3.92. The Balaban J connectivity index is 1.94. The van der Waals surface area contributed by atoms with Gasteiger partial charge in [-0.25, -0.2) is 0 Å². The second-order valence-corrected chi connectivity index (χ2v) is 5.57. The number of benzene rings is 3. The SMILES string of the molecule is Oc1ccc(-c2coc(=Nc3ccccc3)n2-c2ccccc2)cc1. The van der Waals surface area contributed by atoms with Gasteiger partial charge in [-0.3, -0.25) is 4.57 Å². The van der Waals surface area contributed by atoms with Crippen LogP contribution in [0.4, 0.5) is 5.69 Å². The first-order chi connectivity index (χ1) is 12.3. The molecule has 1 N–H and O–H groups in total. The molecule has 122 valence electrons. The van der Waals surface area contributed by atoms with Gasteiger partial charge in [0, 0.05) is 5.56 Å². The molecule has 0 spiro atoms. The zero-order chi connectivity index (χ0) is 17.1. The van der Waals surface area contributed by atoms with Gasteiger partial charge in [0.1, 0.15) is 12.0 Å². The Morgan fingerprint density at radius 2 is 1.40 bits per heavy atom. The average molecular weight is 328 g/mol. The Morgan fingerprint density at radius 1 is 0.760 bits per heavy atom. The van der Waals surface area contributed by atoms with Crippen LogP contribution in [0.1, 0.15) is 0 Å². The molecule has 0 aliphatic carbocycles. The molecule has 0 fully saturated rings. The topological polar surface area (TPSA) is 50.7 Å². The average Bonchev–Trinajstić information content (AvgIpc) is 3.07. The van der Waals surface area contributed by atoms with Gasteiger partial charge in [0.25, 0.3) is 0 Å². The van der Waals surface area contributed by atoms with Crippen LogP contribution in [0, 0.1) is 0 Å². The maximum atomic E-state index is 9.54. The van der Waals surface area contributed by atoms with Gasteiger partial charge in [-0.05, 0) is 48.5 Å². The van der Waals surface area contributed by atoms with E-state index in [2.05, 4.69) is 4.99 Å². The molecule has 0 aliphatic rings. The lowest BCUT2D eigenvalue weighted by Crippen LogP contribution is -2.14. The minimum absolute atomic E-state index is 0.229. The summed E-state index contributed by atoms with van der Waals surface area (Å²) >= 11 is 0. The molecule has 25 heavy (non-hydrogen) atoms. The van der Waals surface area contributed by atoms with Gasteiger partial charge >= 0.3 is 5.68 Å². The lowest BCUT2D eigenvalue weighted by molar-refractivity contribution is 0.475. The lowest BCUT2D eigenvalue weighted by atomic mass is 10.1. The van der Waals surface area contributed by atoms with Crippen molar-refractivity contribution in [1.82, 2.24) is 4.57 Å². The second kappa shape index (κ2) is 6.53. The van der Waals surface area contributed by atoms with Gasteiger partial charge in [0.05, 0.1) is 17.1 Å². The summed E-state index contributed by atoms with van der Waals surface area (Å²) in [5.74, 6) is 0.229. The highest BCUT2D eigenvalue weighted by molar-refractivity contribution is 5.62. The van der Waals surface area contributed by atoms with Crippen LogP contribution in [0.25, 0.3) is 16.9 Å². The predicted octanol–water partition coefficient (Wildman–Crippen LogP) is 4.68. The first-order valence-electron chi connectivity index (χ1n) is 7.96. The maximum Gasteiger partial charge on any atom is 0.307 e. The Bertz CT molecular complexity index is 1030. The zero-order valence-corrected chi connectivity index (χ0v) is 13.4. The second-order valence-electron chi connectivity index (χ2n) is 5.57. The van der Waals surface area contributed by atoms with E-state index < -0.39 is 0 Å². The molecule has 0 saturated carbocycles. The van der Waals surface area contributed by atoms with E-state index in [-0.39, 0.29) is 5.75 Å². The van der Waals surface area contributed by atoms with Crippen LogP contribution >= 0.6 is 0 Å². The van der Waals surface area contributed by atoms with Crippen molar-refractivity contribution >= 4 is 5.69 Å². The van der Waals surface area contributed by atoms with Gasteiger partial charge in [0.15, 0.2) is 0 Å². The minimum Gasteiger partial charge on any atom is -0.508 e. The highest BCUT2D eigenvalue weighted by Gasteiger charge is 2.11. The van der Waals surface area contributed by atoms with Crippen LogP contribution in [-0.4, -0.2) is 9.67 Å². The van der Waals surface area contributed by atoms with Gasteiger partial charge in [-0.1, -0.05) is 36.4 Å². The first-order valence-corrected chi connectivity index (χ1v) is 7.96. The largest absolute Gasteiger partial charge is 0.508 e. The molecule has 4 nitrogen and oxygen atoms in total. The molecule has 0 bridgehead atoms. The van der Waals surface area contributed by atoms with E-state index in [1.54, 1.807) is 18.4 Å². The van der Waals surface area contributed by atoms with E-state index in [0.717, 1.165) is 22.6 Å². The van der Waals surface area contributed by atoms with Crippen molar-refractivity contribution in [3.8, 4) is 22.7 Å². The Hall–Kier alpha value is -3.53. The molecular formula is C21H16N2O2. The Labute approximate surface area is 145 Å². The fraction of sp³-hybridized carbons (Fsp3) is 0. The molecule has 1 aromatic heterocycles. The molecule has 0 saturated heterocycles. The van der Waals surface area contributed by atoms with Crippen LogP contribution in [0.2, 0.25) is 0 Å². The van der Waals surface area contributed by atoms with Crippen LogP contribution in [0.3, 0.4) is 0 Å². The summed E-state index contributed by atoms with van der Waals surface area (Å²) in [6.45, 7) is 0. The van der Waals surface area contributed by atoms with Crippen LogP contribution in [0.15, 0.2) is 101 Å². The van der Waals surface area contributed by atoms with Crippen molar-refractivity contribution in [2.75, 3.05) is 0 Å². The molecule has 4 aromatic rings. The number of aromatic hydroxyl groups is 1. The van der Waals surface area contributed by atoms with Crippen LogP contribution < -0.4 is 5.68 Å². The predicted molar refractivity (Wildman–Crippen MR) is 96.8 cm³/mol. The zero-order valence-electron chi connectivity index (χ0n) is 13.4. The van der Waals surface area contributed by atoms with Gasteiger partial charge in [0.2, 0.25) is 0 Å². The van der Waals surface area contributed by atoms with Crippen molar-refractivity contribution in [1.29, 1.82) is 0 Å². The van der Waals surface area contributed by atoms with Crippen LogP contribution in [-0.2, 0) is 0 Å². The van der Waals surface area contributed by atoms with Gasteiger partial charge in [-0.15, -0.1) is 0 Å². The number of oxazole rings is 1. The summed E-state index contributed by atoms with van der Waals surface area (Å²) in [6.07, 6.45) is 1.68. The van der Waals surface area contributed by atoms with Gasteiger partial charge < -0.3 is 9.52 Å². The van der Waals surface area contributed by atoms with E-state index in [4.69, 9.17) is 4.42 Å². The van der Waals surface area contributed by atoms with Crippen molar-refractivity contribution in [2.45, 2.75) is 0 Å². The third kappa shape index (κ3) is 3.10. The first kappa shape index (κ1) is 15.0. The quantitative estimate of drug-likeness (QED) is 0.594. The van der Waals surface area contributed by atoms with Gasteiger partial charge in [-0.2, -0.15) is 4.99 Å². The molecule has 4 heteroatoms. The standard InChI is InChI=1S/C21H16N2O2/c24-19-13-11-16(12-14-19)20-15-25-21(22-17-7-3-1-4-8-17)23(20)18-9-5-2-6-10-18/h1-15,24H. The summed E-state index contributed by atoms with van der Waals surface area (Å²) in [5, 5.41) is 9.54. The summed E-state index contributed by atoms with van der Waals surface area (Å²) in [5.41, 5.74) is 4.05. The molecule has 0 aliphatic heterocycles. The van der Waals surface area contributed by atoms with Crippen molar-refractivity contribution < 1.29 is 9.52 Å². The normalized spacial score (nSPS) is 11.6. The molecular weight excluding hydrogens is 312 g/mol. The van der Waals surface area contributed by atoms with E-state index in [1.807, 2.05) is 77.4 Å². The highest BCUT2D eigenvalue weighted by atomic mass is 16.3. The summed E-state index contributed by atoms with van der Waals surface area (Å²) in [7, 11) is 0. The molecule has 0 unspecified atom stereocenters. The number of phenols is 1. The number of para-hydroxylation sites is 2.